The number of benzene rings is 2. The molecule has 0 fully saturated rings. The van der Waals surface area contributed by atoms with Gasteiger partial charge >= 0.3 is 0 Å². The lowest BCUT2D eigenvalue weighted by Crippen LogP contribution is -2.00. The first-order valence-corrected chi connectivity index (χ1v) is 7.63. The molecule has 3 aromatic rings. The summed E-state index contributed by atoms with van der Waals surface area (Å²) in [5.74, 6) is 0.365. The highest BCUT2D eigenvalue weighted by Crippen LogP contribution is 2.25. The number of nitrogens with one attached hydrogen (secondary N) is 1. The molecule has 0 amide bonds. The van der Waals surface area contributed by atoms with Gasteiger partial charge in [-0.2, -0.15) is 0 Å². The Bertz CT molecular complexity index is 721. The van der Waals surface area contributed by atoms with E-state index in [4.69, 9.17) is 0 Å². The van der Waals surface area contributed by atoms with Crippen LogP contribution in [0.4, 0.5) is 5.69 Å². The maximum atomic E-state index is 10.00. The van der Waals surface area contributed by atoms with E-state index in [2.05, 4.69) is 22.4 Å². The number of hydrogen-bond donors (Lipinski definition) is 2. The van der Waals surface area contributed by atoms with Crippen LogP contribution in [0, 0.1) is 6.92 Å². The summed E-state index contributed by atoms with van der Waals surface area (Å²) >= 11 is 1.63. The number of para-hydroxylation sites is 1. The van der Waals surface area contributed by atoms with Crippen molar-refractivity contribution >= 4 is 17.0 Å². The second kappa shape index (κ2) is 5.97. The number of hydrogen-bond acceptors (Lipinski definition) is 4. The molecule has 106 valence electrons. The Hall–Kier alpha value is -2.33. The molecule has 0 aliphatic heterocycles. The molecule has 3 rings (SSSR count). The Balaban J connectivity index is 1.70. The lowest BCUT2D eigenvalue weighted by Gasteiger charge is -2.10. The summed E-state index contributed by atoms with van der Waals surface area (Å²) in [5.41, 5.74) is 3.94. The van der Waals surface area contributed by atoms with Crippen molar-refractivity contribution in [1.29, 1.82) is 0 Å². The van der Waals surface area contributed by atoms with E-state index in [9.17, 15) is 5.11 Å². The molecule has 2 aromatic carbocycles. The molecule has 1 aromatic heterocycles. The van der Waals surface area contributed by atoms with Crippen LogP contribution in [0.3, 0.4) is 0 Å². The molecule has 4 heteroatoms. The number of nitrogens with zero attached hydrogens (tertiary/aromatic N) is 1. The summed E-state index contributed by atoms with van der Waals surface area (Å²) in [7, 11) is 0. The summed E-state index contributed by atoms with van der Waals surface area (Å²) in [6.45, 7) is 2.51. The summed E-state index contributed by atoms with van der Waals surface area (Å²) in [5, 5.41) is 16.3. The van der Waals surface area contributed by atoms with Crippen molar-refractivity contribution in [1.82, 2.24) is 4.98 Å². The lowest BCUT2D eigenvalue weighted by atomic mass is 10.1. The summed E-state index contributed by atoms with van der Waals surface area (Å²) in [6, 6.07) is 14.0. The van der Waals surface area contributed by atoms with Crippen molar-refractivity contribution in [2.75, 3.05) is 5.32 Å². The van der Waals surface area contributed by atoms with Gasteiger partial charge in [0.1, 0.15) is 10.8 Å². The molecular weight excluding hydrogens is 280 g/mol. The van der Waals surface area contributed by atoms with E-state index >= 15 is 0 Å². The average Bonchev–Trinajstić information content (AvgIpc) is 3.04. The summed E-state index contributed by atoms with van der Waals surface area (Å²) in [4.78, 5) is 4.30. The molecule has 0 unspecified atom stereocenters. The number of rotatable bonds is 4. The Kier molecular flexibility index (Phi) is 3.88. The summed E-state index contributed by atoms with van der Waals surface area (Å²) in [6.07, 6.45) is 1.81. The normalized spacial score (nSPS) is 10.5. The Morgan fingerprint density at radius 3 is 2.67 bits per heavy atom. The zero-order chi connectivity index (χ0) is 14.7. The number of aromatic hydroxyl groups is 1. The predicted octanol–water partition coefficient (Wildman–Crippen LogP) is 4.44. The van der Waals surface area contributed by atoms with Crippen molar-refractivity contribution in [3.8, 4) is 16.3 Å². The molecule has 0 radical (unpaired) electrons. The standard InChI is InChI=1S/C17H16N2OS/c1-12-3-2-4-14(16(12)20)11-19-15-7-5-13(6-8-15)17-18-9-10-21-17/h2-10,19-20H,11H2,1H3. The van der Waals surface area contributed by atoms with E-state index in [-0.39, 0.29) is 0 Å². The first-order valence-electron chi connectivity index (χ1n) is 6.75. The molecule has 3 nitrogen and oxygen atoms in total. The van der Waals surface area contributed by atoms with Crippen molar-refractivity contribution in [3.05, 3.63) is 65.2 Å². The average molecular weight is 296 g/mol. The minimum absolute atomic E-state index is 0.365. The van der Waals surface area contributed by atoms with Gasteiger partial charge in [0.05, 0.1) is 0 Å². The zero-order valence-electron chi connectivity index (χ0n) is 11.7. The highest BCUT2D eigenvalue weighted by Gasteiger charge is 2.04. The molecule has 0 aliphatic carbocycles. The van der Waals surface area contributed by atoms with Gasteiger partial charge in [0.25, 0.3) is 0 Å². The van der Waals surface area contributed by atoms with Gasteiger partial charge < -0.3 is 10.4 Å². The van der Waals surface area contributed by atoms with Crippen LogP contribution >= 0.6 is 11.3 Å². The Morgan fingerprint density at radius 1 is 1.14 bits per heavy atom. The van der Waals surface area contributed by atoms with Crippen LogP contribution < -0.4 is 5.32 Å². The second-order valence-electron chi connectivity index (χ2n) is 4.85. The molecule has 0 spiro atoms. The molecule has 0 atom stereocenters. The van der Waals surface area contributed by atoms with Crippen LogP contribution in [0.1, 0.15) is 11.1 Å². The number of thiazole rings is 1. The molecule has 0 saturated carbocycles. The molecular formula is C17H16N2OS. The first-order chi connectivity index (χ1) is 10.2. The predicted molar refractivity (Wildman–Crippen MR) is 87.7 cm³/mol. The van der Waals surface area contributed by atoms with Gasteiger partial charge in [0.2, 0.25) is 0 Å². The van der Waals surface area contributed by atoms with Crippen LogP contribution in [0.5, 0.6) is 5.75 Å². The van der Waals surface area contributed by atoms with Gasteiger partial charge in [-0.3, -0.25) is 0 Å². The van der Waals surface area contributed by atoms with Gasteiger partial charge in [0.15, 0.2) is 0 Å². The van der Waals surface area contributed by atoms with Gasteiger partial charge in [-0.25, -0.2) is 4.98 Å². The molecule has 0 aliphatic rings. The first kappa shape index (κ1) is 13.6. The van der Waals surface area contributed by atoms with E-state index in [1.165, 1.54) is 0 Å². The summed E-state index contributed by atoms with van der Waals surface area (Å²) < 4.78 is 0. The third kappa shape index (κ3) is 3.06. The third-order valence-corrected chi connectivity index (χ3v) is 4.19. The second-order valence-corrected chi connectivity index (χ2v) is 5.75. The fraction of sp³-hybridized carbons (Fsp3) is 0.118. The third-order valence-electron chi connectivity index (χ3n) is 3.37. The smallest absolute Gasteiger partial charge is 0.123 e. The van der Waals surface area contributed by atoms with Crippen molar-refractivity contribution < 1.29 is 5.11 Å². The van der Waals surface area contributed by atoms with Crippen LogP contribution in [0.2, 0.25) is 0 Å². The van der Waals surface area contributed by atoms with E-state index in [0.29, 0.717) is 12.3 Å². The van der Waals surface area contributed by atoms with E-state index in [0.717, 1.165) is 27.4 Å². The fourth-order valence-corrected chi connectivity index (χ4v) is 2.80. The highest BCUT2D eigenvalue weighted by molar-refractivity contribution is 7.13. The largest absolute Gasteiger partial charge is 0.507 e. The maximum Gasteiger partial charge on any atom is 0.123 e. The van der Waals surface area contributed by atoms with E-state index in [1.54, 1.807) is 11.3 Å². The molecule has 0 saturated heterocycles. The molecule has 0 bridgehead atoms. The Morgan fingerprint density at radius 2 is 1.95 bits per heavy atom. The topological polar surface area (TPSA) is 45.2 Å². The lowest BCUT2D eigenvalue weighted by molar-refractivity contribution is 0.465. The SMILES string of the molecule is Cc1cccc(CNc2ccc(-c3nccs3)cc2)c1O. The zero-order valence-corrected chi connectivity index (χ0v) is 12.5. The van der Waals surface area contributed by atoms with Crippen LogP contribution in [0.15, 0.2) is 54.0 Å². The van der Waals surface area contributed by atoms with Gasteiger partial charge in [-0.05, 0) is 36.8 Å². The number of anilines is 1. The van der Waals surface area contributed by atoms with Crippen molar-refractivity contribution in [3.63, 3.8) is 0 Å². The van der Waals surface area contributed by atoms with Gasteiger partial charge in [0, 0.05) is 34.9 Å². The Labute approximate surface area is 127 Å². The molecule has 1 heterocycles. The van der Waals surface area contributed by atoms with Crippen molar-refractivity contribution in [2.45, 2.75) is 13.5 Å². The highest BCUT2D eigenvalue weighted by atomic mass is 32.1. The monoisotopic (exact) mass is 296 g/mol. The number of phenols is 1. The van der Waals surface area contributed by atoms with Gasteiger partial charge in [-0.1, -0.05) is 18.2 Å². The number of phenolic OH excluding ortho intramolecular Hbond substituents is 1. The van der Waals surface area contributed by atoms with Crippen molar-refractivity contribution in [2.24, 2.45) is 0 Å². The minimum Gasteiger partial charge on any atom is -0.507 e. The van der Waals surface area contributed by atoms with E-state index in [1.807, 2.05) is 48.8 Å². The number of aromatic nitrogens is 1. The molecule has 2 N–H and O–H groups in total. The number of aryl methyl sites for hydroxylation is 1. The van der Waals surface area contributed by atoms with Crippen LogP contribution in [-0.4, -0.2) is 10.1 Å². The maximum absolute atomic E-state index is 10.00. The molecule has 21 heavy (non-hydrogen) atoms. The van der Waals surface area contributed by atoms with E-state index < -0.39 is 0 Å². The van der Waals surface area contributed by atoms with Crippen LogP contribution in [-0.2, 0) is 6.54 Å². The fourth-order valence-electron chi connectivity index (χ4n) is 2.16. The van der Waals surface area contributed by atoms with Crippen LogP contribution in [0.25, 0.3) is 10.6 Å². The quantitative estimate of drug-likeness (QED) is 0.748. The van der Waals surface area contributed by atoms with Gasteiger partial charge in [-0.15, -0.1) is 11.3 Å². The minimum atomic E-state index is 0.365.